The second kappa shape index (κ2) is 7.64. The number of nitrogens with zero attached hydrogens (tertiary/aromatic N) is 2. The number of aryl methyl sites for hydroxylation is 1. The average Bonchev–Trinajstić information content (AvgIpc) is 3.03. The van der Waals surface area contributed by atoms with Gasteiger partial charge in [0.15, 0.2) is 0 Å². The van der Waals surface area contributed by atoms with Gasteiger partial charge in [-0.1, -0.05) is 30.3 Å². The Kier molecular flexibility index (Phi) is 5.11. The Morgan fingerprint density at radius 1 is 1.21 bits per heavy atom. The van der Waals surface area contributed by atoms with E-state index >= 15 is 0 Å². The Morgan fingerprint density at radius 3 is 2.96 bits per heavy atom. The first-order valence-electron chi connectivity index (χ1n) is 8.06. The Morgan fingerprint density at radius 2 is 2.08 bits per heavy atom. The first kappa shape index (κ1) is 16.1. The summed E-state index contributed by atoms with van der Waals surface area (Å²) in [6, 6.07) is 15.9. The molecule has 0 bridgehead atoms. The topological polar surface area (TPSA) is 56.1 Å². The van der Waals surface area contributed by atoms with Crippen molar-refractivity contribution in [3.8, 4) is 5.75 Å². The van der Waals surface area contributed by atoms with E-state index in [-0.39, 0.29) is 5.91 Å². The number of carbonyl (C=O) groups is 1. The van der Waals surface area contributed by atoms with Crippen LogP contribution in [0.15, 0.2) is 54.7 Å². The first-order valence-corrected chi connectivity index (χ1v) is 8.06. The molecular weight excluding hydrogens is 302 g/mol. The van der Waals surface area contributed by atoms with Gasteiger partial charge in [-0.15, -0.1) is 0 Å². The normalized spacial score (nSPS) is 10.7. The number of fused-ring (bicyclic) bond motifs is 1. The second-order valence-electron chi connectivity index (χ2n) is 5.63. The summed E-state index contributed by atoms with van der Waals surface area (Å²) in [5.41, 5.74) is 2.20. The zero-order chi connectivity index (χ0) is 16.8. The van der Waals surface area contributed by atoms with Crippen LogP contribution in [0.25, 0.3) is 10.9 Å². The quantitative estimate of drug-likeness (QED) is 0.727. The number of ether oxygens (including phenoxy) is 1. The number of methoxy groups -OCH3 is 1. The Hall–Kier alpha value is -2.82. The molecule has 3 rings (SSSR count). The van der Waals surface area contributed by atoms with E-state index in [9.17, 15) is 4.79 Å². The van der Waals surface area contributed by atoms with Gasteiger partial charge in [-0.2, -0.15) is 5.10 Å². The van der Waals surface area contributed by atoms with E-state index in [1.54, 1.807) is 7.11 Å². The molecule has 1 aromatic heterocycles. The number of benzene rings is 2. The summed E-state index contributed by atoms with van der Waals surface area (Å²) >= 11 is 0. The summed E-state index contributed by atoms with van der Waals surface area (Å²) in [5.74, 6) is 0.877. The SMILES string of the molecule is COc1cccc(CCNC(=O)CCn2ncc3ccccc32)c1. The number of carbonyl (C=O) groups excluding carboxylic acids is 1. The number of rotatable bonds is 7. The van der Waals surface area contributed by atoms with Crippen LogP contribution in [-0.4, -0.2) is 29.3 Å². The zero-order valence-electron chi connectivity index (χ0n) is 13.7. The van der Waals surface area contributed by atoms with Crippen LogP contribution in [0.4, 0.5) is 0 Å². The number of nitrogens with one attached hydrogen (secondary N) is 1. The smallest absolute Gasteiger partial charge is 0.221 e. The van der Waals surface area contributed by atoms with Crippen LogP contribution in [0.3, 0.4) is 0 Å². The molecule has 124 valence electrons. The third-order valence-corrected chi connectivity index (χ3v) is 3.97. The minimum Gasteiger partial charge on any atom is -0.497 e. The minimum atomic E-state index is 0.0393. The summed E-state index contributed by atoms with van der Waals surface area (Å²) in [7, 11) is 1.65. The van der Waals surface area contributed by atoms with E-state index in [1.807, 2.05) is 59.4 Å². The molecule has 0 unspecified atom stereocenters. The summed E-state index contributed by atoms with van der Waals surface area (Å²) < 4.78 is 7.07. The van der Waals surface area contributed by atoms with Crippen LogP contribution in [0.2, 0.25) is 0 Å². The molecule has 0 aliphatic heterocycles. The molecule has 5 heteroatoms. The van der Waals surface area contributed by atoms with Crippen LogP contribution in [0.5, 0.6) is 5.75 Å². The van der Waals surface area contributed by atoms with Crippen LogP contribution in [0, 0.1) is 0 Å². The van der Waals surface area contributed by atoms with Crippen molar-refractivity contribution < 1.29 is 9.53 Å². The van der Waals surface area contributed by atoms with Crippen LogP contribution in [-0.2, 0) is 17.8 Å². The highest BCUT2D eigenvalue weighted by atomic mass is 16.5. The fourth-order valence-corrected chi connectivity index (χ4v) is 2.67. The molecule has 1 N–H and O–H groups in total. The van der Waals surface area contributed by atoms with E-state index in [4.69, 9.17) is 4.74 Å². The Bertz CT molecular complexity index is 826. The van der Waals surface area contributed by atoms with Gasteiger partial charge < -0.3 is 10.1 Å². The summed E-state index contributed by atoms with van der Waals surface area (Å²) in [6.07, 6.45) is 3.04. The number of para-hydroxylation sites is 1. The van der Waals surface area contributed by atoms with Gasteiger partial charge in [-0.3, -0.25) is 9.48 Å². The molecule has 0 aliphatic rings. The van der Waals surface area contributed by atoms with Crippen LogP contribution >= 0.6 is 0 Å². The predicted octanol–water partition coefficient (Wildman–Crippen LogP) is 2.79. The fourth-order valence-electron chi connectivity index (χ4n) is 2.67. The van der Waals surface area contributed by atoms with Crippen molar-refractivity contribution in [1.82, 2.24) is 15.1 Å². The largest absolute Gasteiger partial charge is 0.497 e. The maximum atomic E-state index is 12.0. The van der Waals surface area contributed by atoms with Crippen molar-refractivity contribution in [3.63, 3.8) is 0 Å². The van der Waals surface area contributed by atoms with E-state index in [1.165, 1.54) is 0 Å². The molecule has 0 saturated heterocycles. The van der Waals surface area contributed by atoms with E-state index in [0.717, 1.165) is 28.6 Å². The third-order valence-electron chi connectivity index (χ3n) is 3.97. The van der Waals surface area contributed by atoms with Crippen molar-refractivity contribution in [1.29, 1.82) is 0 Å². The molecule has 0 fully saturated rings. The fraction of sp³-hybridized carbons (Fsp3) is 0.263. The van der Waals surface area contributed by atoms with E-state index in [2.05, 4.69) is 10.4 Å². The minimum absolute atomic E-state index is 0.0393. The summed E-state index contributed by atoms with van der Waals surface area (Å²) in [4.78, 5) is 12.0. The maximum Gasteiger partial charge on any atom is 0.221 e. The Labute approximate surface area is 141 Å². The number of amides is 1. The summed E-state index contributed by atoms with van der Waals surface area (Å²) in [6.45, 7) is 1.20. The van der Waals surface area contributed by atoms with Crippen molar-refractivity contribution in [2.24, 2.45) is 0 Å². The lowest BCUT2D eigenvalue weighted by atomic mass is 10.1. The van der Waals surface area contributed by atoms with E-state index < -0.39 is 0 Å². The molecule has 3 aromatic rings. The molecule has 0 spiro atoms. The monoisotopic (exact) mass is 323 g/mol. The standard InChI is InChI=1S/C19H21N3O2/c1-24-17-7-4-5-15(13-17)9-11-20-19(23)10-12-22-18-8-3-2-6-16(18)14-21-22/h2-8,13-14H,9-12H2,1H3,(H,20,23). The highest BCUT2D eigenvalue weighted by Gasteiger charge is 2.05. The number of hydrogen-bond donors (Lipinski definition) is 1. The molecular formula is C19H21N3O2. The molecule has 0 saturated carbocycles. The number of aromatic nitrogens is 2. The van der Waals surface area contributed by atoms with Gasteiger partial charge in [0.25, 0.3) is 0 Å². The predicted molar refractivity (Wildman–Crippen MR) is 94.1 cm³/mol. The molecule has 0 atom stereocenters. The second-order valence-corrected chi connectivity index (χ2v) is 5.63. The molecule has 0 radical (unpaired) electrons. The van der Waals surface area contributed by atoms with Gasteiger partial charge in [0.2, 0.25) is 5.91 Å². The molecule has 24 heavy (non-hydrogen) atoms. The van der Waals surface area contributed by atoms with Crippen molar-refractivity contribution in [3.05, 3.63) is 60.3 Å². The van der Waals surface area contributed by atoms with Crippen molar-refractivity contribution in [2.45, 2.75) is 19.4 Å². The third kappa shape index (κ3) is 3.93. The van der Waals surface area contributed by atoms with Gasteiger partial charge >= 0.3 is 0 Å². The van der Waals surface area contributed by atoms with Gasteiger partial charge in [0.1, 0.15) is 5.75 Å². The zero-order valence-corrected chi connectivity index (χ0v) is 13.7. The van der Waals surface area contributed by atoms with Gasteiger partial charge in [0.05, 0.1) is 25.4 Å². The first-order chi connectivity index (χ1) is 11.8. The van der Waals surface area contributed by atoms with Crippen LogP contribution < -0.4 is 10.1 Å². The highest BCUT2D eigenvalue weighted by Crippen LogP contribution is 2.13. The highest BCUT2D eigenvalue weighted by molar-refractivity contribution is 5.79. The maximum absolute atomic E-state index is 12.0. The molecule has 1 heterocycles. The lowest BCUT2D eigenvalue weighted by Crippen LogP contribution is -2.26. The van der Waals surface area contributed by atoms with Gasteiger partial charge in [-0.25, -0.2) is 0 Å². The van der Waals surface area contributed by atoms with Gasteiger partial charge in [0, 0.05) is 18.4 Å². The molecule has 5 nitrogen and oxygen atoms in total. The summed E-state index contributed by atoms with van der Waals surface area (Å²) in [5, 5.41) is 8.39. The van der Waals surface area contributed by atoms with Crippen molar-refractivity contribution in [2.75, 3.05) is 13.7 Å². The van der Waals surface area contributed by atoms with Gasteiger partial charge in [-0.05, 0) is 30.2 Å². The average molecular weight is 323 g/mol. The Balaban J connectivity index is 1.46. The number of hydrogen-bond acceptors (Lipinski definition) is 3. The lowest BCUT2D eigenvalue weighted by molar-refractivity contribution is -0.121. The van der Waals surface area contributed by atoms with E-state index in [0.29, 0.717) is 19.5 Å². The lowest BCUT2D eigenvalue weighted by Gasteiger charge is -2.07. The van der Waals surface area contributed by atoms with Crippen LogP contribution in [0.1, 0.15) is 12.0 Å². The molecule has 0 aliphatic carbocycles. The van der Waals surface area contributed by atoms with Crippen molar-refractivity contribution >= 4 is 16.8 Å². The molecule has 2 aromatic carbocycles. The molecule has 1 amide bonds.